The van der Waals surface area contributed by atoms with Gasteiger partial charge in [0, 0.05) is 25.2 Å². The molecule has 0 saturated heterocycles. The second-order valence-electron chi connectivity index (χ2n) is 5.57. The van der Waals surface area contributed by atoms with Gasteiger partial charge in [-0.1, -0.05) is 37.3 Å². The topological polar surface area (TPSA) is 88.5 Å². The third kappa shape index (κ3) is 5.72. The zero-order chi connectivity index (χ0) is 17.4. The summed E-state index contributed by atoms with van der Waals surface area (Å²) in [5.74, 6) is -0.852. The Labute approximate surface area is 140 Å². The maximum absolute atomic E-state index is 12.0. The van der Waals surface area contributed by atoms with Crippen molar-refractivity contribution in [2.45, 2.75) is 20.0 Å². The zero-order valence-corrected chi connectivity index (χ0v) is 13.4. The first kappa shape index (κ1) is 17.5. The summed E-state index contributed by atoms with van der Waals surface area (Å²) in [6, 6.07) is 13.0. The number of aromatic nitrogens is 1. The normalized spacial score (nSPS) is 11.5. The fourth-order valence-corrected chi connectivity index (χ4v) is 2.07. The molecule has 0 saturated carbocycles. The van der Waals surface area contributed by atoms with Gasteiger partial charge in [-0.2, -0.15) is 0 Å². The molecule has 126 valence electrons. The van der Waals surface area contributed by atoms with Gasteiger partial charge in [0.1, 0.15) is 6.61 Å². The summed E-state index contributed by atoms with van der Waals surface area (Å²) in [4.78, 5) is 26.7. The van der Waals surface area contributed by atoms with Crippen LogP contribution in [0.2, 0.25) is 0 Å². The van der Waals surface area contributed by atoms with Gasteiger partial charge < -0.3 is 15.2 Å². The summed E-state index contributed by atoms with van der Waals surface area (Å²) in [6.45, 7) is 2.48. The molecule has 2 N–H and O–H groups in total. The highest BCUT2D eigenvalue weighted by Crippen LogP contribution is 2.10. The second-order valence-corrected chi connectivity index (χ2v) is 5.57. The number of ether oxygens (including phenoxy) is 1. The van der Waals surface area contributed by atoms with E-state index in [0.717, 1.165) is 5.56 Å². The number of hydrogen-bond acceptors (Lipinski definition) is 4. The van der Waals surface area contributed by atoms with Crippen molar-refractivity contribution < 1.29 is 19.4 Å². The Morgan fingerprint density at radius 1 is 1.21 bits per heavy atom. The fourth-order valence-electron chi connectivity index (χ4n) is 2.07. The lowest BCUT2D eigenvalue weighted by molar-refractivity contribution is -0.137. The lowest BCUT2D eigenvalue weighted by atomic mass is 10.1. The smallest absolute Gasteiger partial charge is 0.303 e. The Bertz CT molecular complexity index is 671. The number of benzene rings is 1. The molecule has 24 heavy (non-hydrogen) atoms. The molecular formula is C18H20N2O4. The third-order valence-electron chi connectivity index (χ3n) is 3.36. The van der Waals surface area contributed by atoms with Gasteiger partial charge in [-0.05, 0) is 17.5 Å². The van der Waals surface area contributed by atoms with E-state index in [0.29, 0.717) is 24.6 Å². The molecule has 0 fully saturated rings. The van der Waals surface area contributed by atoms with Crippen molar-refractivity contribution in [1.82, 2.24) is 10.3 Å². The summed E-state index contributed by atoms with van der Waals surface area (Å²) in [5, 5.41) is 11.4. The SMILES string of the molecule is CC(CNC(=O)c1ccc(OCc2ccccc2)nc1)CC(=O)O. The Hall–Kier alpha value is -2.89. The molecule has 1 unspecified atom stereocenters. The summed E-state index contributed by atoms with van der Waals surface area (Å²) >= 11 is 0. The van der Waals surface area contributed by atoms with E-state index in [1.807, 2.05) is 30.3 Å². The van der Waals surface area contributed by atoms with Gasteiger partial charge in [0.25, 0.3) is 5.91 Å². The number of aliphatic carboxylic acids is 1. The predicted molar refractivity (Wildman–Crippen MR) is 88.8 cm³/mol. The molecule has 6 nitrogen and oxygen atoms in total. The first-order chi connectivity index (χ1) is 11.5. The fraction of sp³-hybridized carbons (Fsp3) is 0.278. The Morgan fingerprint density at radius 2 is 1.96 bits per heavy atom. The average molecular weight is 328 g/mol. The molecule has 0 radical (unpaired) electrons. The molecule has 1 aromatic carbocycles. The Morgan fingerprint density at radius 3 is 2.58 bits per heavy atom. The van der Waals surface area contributed by atoms with Crippen LogP contribution in [0.25, 0.3) is 0 Å². The second kappa shape index (κ2) is 8.67. The van der Waals surface area contributed by atoms with Gasteiger partial charge in [0.15, 0.2) is 0 Å². The van der Waals surface area contributed by atoms with E-state index in [1.54, 1.807) is 19.1 Å². The van der Waals surface area contributed by atoms with E-state index in [9.17, 15) is 9.59 Å². The first-order valence-electron chi connectivity index (χ1n) is 7.67. The van der Waals surface area contributed by atoms with Crippen LogP contribution in [0.5, 0.6) is 5.88 Å². The number of nitrogens with one attached hydrogen (secondary N) is 1. The molecule has 0 aliphatic rings. The van der Waals surface area contributed by atoms with E-state index in [-0.39, 0.29) is 18.2 Å². The lowest BCUT2D eigenvalue weighted by Crippen LogP contribution is -2.29. The monoisotopic (exact) mass is 328 g/mol. The molecule has 0 bridgehead atoms. The van der Waals surface area contributed by atoms with Gasteiger partial charge in [0.2, 0.25) is 5.88 Å². The number of carboxylic acids is 1. The van der Waals surface area contributed by atoms with Gasteiger partial charge in [-0.3, -0.25) is 9.59 Å². The quantitative estimate of drug-likeness (QED) is 0.777. The van der Waals surface area contributed by atoms with Crippen molar-refractivity contribution in [1.29, 1.82) is 0 Å². The minimum Gasteiger partial charge on any atom is -0.481 e. The Balaban J connectivity index is 1.82. The molecule has 6 heteroatoms. The maximum Gasteiger partial charge on any atom is 0.303 e. The molecule has 1 aromatic heterocycles. The van der Waals surface area contributed by atoms with Crippen LogP contribution in [0.1, 0.15) is 29.3 Å². The highest BCUT2D eigenvalue weighted by molar-refractivity contribution is 5.93. The molecule has 1 heterocycles. The van der Waals surface area contributed by atoms with Crippen molar-refractivity contribution in [3.8, 4) is 5.88 Å². The van der Waals surface area contributed by atoms with Crippen LogP contribution in [0.4, 0.5) is 0 Å². The molecule has 0 spiro atoms. The Kier molecular flexibility index (Phi) is 6.31. The number of amides is 1. The first-order valence-corrected chi connectivity index (χ1v) is 7.67. The number of carbonyl (C=O) groups is 2. The van der Waals surface area contributed by atoms with Crippen molar-refractivity contribution in [2.24, 2.45) is 5.92 Å². The molecule has 1 atom stereocenters. The molecule has 2 aromatic rings. The standard InChI is InChI=1S/C18H20N2O4/c1-13(9-17(21)22)10-20-18(23)15-7-8-16(19-11-15)24-12-14-5-3-2-4-6-14/h2-8,11,13H,9-10,12H2,1H3,(H,20,23)(H,21,22). The summed E-state index contributed by atoms with van der Waals surface area (Å²) in [6.07, 6.45) is 1.46. The number of nitrogens with zero attached hydrogens (tertiary/aromatic N) is 1. The minimum atomic E-state index is -0.877. The molecule has 0 aliphatic carbocycles. The summed E-state index contributed by atoms with van der Waals surface area (Å²) in [5.41, 5.74) is 1.44. The van der Waals surface area contributed by atoms with Crippen molar-refractivity contribution in [3.63, 3.8) is 0 Å². The molecular weight excluding hydrogens is 308 g/mol. The van der Waals surface area contributed by atoms with Crippen LogP contribution in [0.15, 0.2) is 48.7 Å². The van der Waals surface area contributed by atoms with Crippen molar-refractivity contribution in [2.75, 3.05) is 6.54 Å². The average Bonchev–Trinajstić information content (AvgIpc) is 2.58. The van der Waals surface area contributed by atoms with Gasteiger partial charge in [0.05, 0.1) is 5.56 Å². The van der Waals surface area contributed by atoms with Crippen LogP contribution in [-0.4, -0.2) is 28.5 Å². The van der Waals surface area contributed by atoms with Crippen molar-refractivity contribution in [3.05, 3.63) is 59.8 Å². The van der Waals surface area contributed by atoms with Crippen molar-refractivity contribution >= 4 is 11.9 Å². The van der Waals surface area contributed by atoms with E-state index in [2.05, 4.69) is 10.3 Å². The zero-order valence-electron chi connectivity index (χ0n) is 13.4. The maximum atomic E-state index is 12.0. The van der Waals surface area contributed by atoms with Crippen LogP contribution < -0.4 is 10.1 Å². The molecule has 0 aliphatic heterocycles. The number of pyridine rings is 1. The largest absolute Gasteiger partial charge is 0.481 e. The van der Waals surface area contributed by atoms with Gasteiger partial charge in [-0.25, -0.2) is 4.98 Å². The minimum absolute atomic E-state index is 0.0186. The highest BCUT2D eigenvalue weighted by atomic mass is 16.5. The summed E-state index contributed by atoms with van der Waals surface area (Å²) in [7, 11) is 0. The third-order valence-corrected chi connectivity index (χ3v) is 3.36. The van der Waals surface area contributed by atoms with Crippen LogP contribution >= 0.6 is 0 Å². The summed E-state index contributed by atoms with van der Waals surface area (Å²) < 4.78 is 5.56. The van der Waals surface area contributed by atoms with E-state index in [4.69, 9.17) is 9.84 Å². The van der Waals surface area contributed by atoms with E-state index in [1.165, 1.54) is 6.20 Å². The van der Waals surface area contributed by atoms with E-state index < -0.39 is 5.97 Å². The lowest BCUT2D eigenvalue weighted by Gasteiger charge is -2.10. The molecule has 2 rings (SSSR count). The number of carbonyl (C=O) groups excluding carboxylic acids is 1. The molecule has 1 amide bonds. The van der Waals surface area contributed by atoms with Crippen LogP contribution in [0, 0.1) is 5.92 Å². The number of carboxylic acid groups (broad SMARTS) is 1. The van der Waals surface area contributed by atoms with E-state index >= 15 is 0 Å². The van der Waals surface area contributed by atoms with Crippen LogP contribution in [0.3, 0.4) is 0 Å². The van der Waals surface area contributed by atoms with Crippen LogP contribution in [-0.2, 0) is 11.4 Å². The predicted octanol–water partition coefficient (Wildman–Crippen LogP) is 2.50. The van der Waals surface area contributed by atoms with Gasteiger partial charge >= 0.3 is 5.97 Å². The van der Waals surface area contributed by atoms with Gasteiger partial charge in [-0.15, -0.1) is 0 Å². The highest BCUT2D eigenvalue weighted by Gasteiger charge is 2.11. The number of hydrogen-bond donors (Lipinski definition) is 2. The number of rotatable bonds is 8.